The lowest BCUT2D eigenvalue weighted by atomic mass is 9.99. The number of hydrogen-bond acceptors (Lipinski definition) is 7. The minimum Gasteiger partial charge on any atom is -0.479 e. The number of pyridine rings is 1. The molecule has 0 saturated heterocycles. The summed E-state index contributed by atoms with van der Waals surface area (Å²) in [4.78, 5) is 19.9. The Kier molecular flexibility index (Phi) is 8.32. The van der Waals surface area contributed by atoms with Crippen LogP contribution in [-0.2, 0) is 16.2 Å². The summed E-state index contributed by atoms with van der Waals surface area (Å²) in [5.74, 6) is -4.62. The molecule has 2 aromatic carbocycles. The van der Waals surface area contributed by atoms with Gasteiger partial charge in [-0.15, -0.1) is 0 Å². The summed E-state index contributed by atoms with van der Waals surface area (Å²) in [7, 11) is 1.41. The Labute approximate surface area is 201 Å². The van der Waals surface area contributed by atoms with Gasteiger partial charge < -0.3 is 25.2 Å². The van der Waals surface area contributed by atoms with Gasteiger partial charge in [0, 0.05) is 18.2 Å². The number of benzene rings is 2. The predicted octanol–water partition coefficient (Wildman–Crippen LogP) is 4.89. The van der Waals surface area contributed by atoms with Gasteiger partial charge in [-0.3, -0.25) is 0 Å². The number of rotatable bonds is 10. The van der Waals surface area contributed by atoms with Gasteiger partial charge in [-0.25, -0.2) is 13.6 Å². The zero-order chi connectivity index (χ0) is 25.5. The van der Waals surface area contributed by atoms with Gasteiger partial charge in [0.25, 0.3) is 11.8 Å². The number of hydrogen-bond donors (Lipinski definition) is 2. The maximum atomic E-state index is 14.5. The first kappa shape index (κ1) is 25.6. The third-order valence-corrected chi connectivity index (χ3v) is 5.03. The van der Waals surface area contributed by atoms with Crippen molar-refractivity contribution in [1.82, 2.24) is 4.98 Å². The number of carbonyl (C=O) groups is 1. The molecule has 10 heteroatoms. The van der Waals surface area contributed by atoms with E-state index in [0.717, 1.165) is 16.7 Å². The van der Waals surface area contributed by atoms with Crippen molar-refractivity contribution in [3.05, 3.63) is 71.3 Å². The van der Waals surface area contributed by atoms with E-state index in [2.05, 4.69) is 10.1 Å². The van der Waals surface area contributed by atoms with Crippen molar-refractivity contribution in [2.24, 2.45) is 10.9 Å². The molecule has 0 fully saturated rings. The van der Waals surface area contributed by atoms with Crippen LogP contribution < -0.4 is 15.2 Å². The lowest BCUT2D eigenvalue weighted by molar-refractivity contribution is -0.145. The largest absolute Gasteiger partial charge is 0.479 e. The molecule has 0 aliphatic carbocycles. The number of halogens is 2. The van der Waals surface area contributed by atoms with Gasteiger partial charge in [0.15, 0.2) is 17.7 Å². The lowest BCUT2D eigenvalue weighted by Crippen LogP contribution is -2.26. The van der Waals surface area contributed by atoms with E-state index in [1.165, 1.54) is 7.11 Å². The fraction of sp³-hybridized carbons (Fsp3) is 0.240. The summed E-state index contributed by atoms with van der Waals surface area (Å²) >= 11 is 0. The second kappa shape index (κ2) is 11.4. The quantitative estimate of drug-likeness (QED) is 0.310. The van der Waals surface area contributed by atoms with E-state index in [0.29, 0.717) is 23.9 Å². The van der Waals surface area contributed by atoms with E-state index in [9.17, 15) is 18.7 Å². The van der Waals surface area contributed by atoms with Gasteiger partial charge in [0.2, 0.25) is 0 Å². The first-order valence-corrected chi connectivity index (χ1v) is 10.7. The first-order chi connectivity index (χ1) is 16.7. The molecular formula is C25H25F2N3O5. The Morgan fingerprint density at radius 2 is 1.86 bits per heavy atom. The zero-order valence-electron chi connectivity index (χ0n) is 19.4. The number of ether oxygens (including phenoxy) is 2. The highest BCUT2D eigenvalue weighted by Crippen LogP contribution is 2.32. The smallest absolute Gasteiger partial charge is 0.344 e. The van der Waals surface area contributed by atoms with Gasteiger partial charge in [-0.1, -0.05) is 30.3 Å². The van der Waals surface area contributed by atoms with E-state index in [4.69, 9.17) is 20.0 Å². The standard InChI is InChI=1S/C25H25F2N3O5/c1-4-22(25(31)32)35-24-21(27)12-20(26)23(29-24)34-19-10-17(14(2)30-33-3)9-18(11-19)16-7-5-6-15(8-16)13-28/h5-12,22H,4,13,28H2,1-3H3,(H,31,32). The highest BCUT2D eigenvalue weighted by molar-refractivity contribution is 5.99. The molecule has 3 aromatic rings. The average molecular weight is 485 g/mol. The van der Waals surface area contributed by atoms with Crippen LogP contribution in [0.2, 0.25) is 0 Å². The molecule has 1 atom stereocenters. The normalized spacial score (nSPS) is 12.2. The Balaban J connectivity index is 2.06. The number of nitrogens with zero attached hydrogens (tertiary/aromatic N) is 2. The molecule has 3 N–H and O–H groups in total. The first-order valence-electron chi connectivity index (χ1n) is 10.7. The second-order valence-corrected chi connectivity index (χ2v) is 7.53. The number of aromatic nitrogens is 1. The van der Waals surface area contributed by atoms with Gasteiger partial charge in [-0.05, 0) is 54.3 Å². The summed E-state index contributed by atoms with van der Waals surface area (Å²) in [6.45, 7) is 3.63. The van der Waals surface area contributed by atoms with Crippen LogP contribution in [0.3, 0.4) is 0 Å². The number of nitrogens with two attached hydrogens (primary N) is 1. The van der Waals surface area contributed by atoms with Crippen LogP contribution in [0.5, 0.6) is 17.5 Å². The predicted molar refractivity (Wildman–Crippen MR) is 126 cm³/mol. The van der Waals surface area contributed by atoms with Crippen molar-refractivity contribution in [2.75, 3.05) is 7.11 Å². The molecule has 1 unspecified atom stereocenters. The van der Waals surface area contributed by atoms with Crippen molar-refractivity contribution >= 4 is 11.7 Å². The third-order valence-electron chi connectivity index (χ3n) is 5.03. The second-order valence-electron chi connectivity index (χ2n) is 7.53. The fourth-order valence-electron chi connectivity index (χ4n) is 3.24. The molecule has 8 nitrogen and oxygen atoms in total. The van der Waals surface area contributed by atoms with E-state index in [1.54, 1.807) is 26.0 Å². The number of aliphatic carboxylic acids is 1. The average Bonchev–Trinajstić information content (AvgIpc) is 2.84. The van der Waals surface area contributed by atoms with E-state index >= 15 is 0 Å². The molecule has 0 aliphatic rings. The maximum absolute atomic E-state index is 14.5. The van der Waals surface area contributed by atoms with Crippen molar-refractivity contribution in [3.8, 4) is 28.6 Å². The Bertz CT molecular complexity index is 1250. The number of oxime groups is 1. The van der Waals surface area contributed by atoms with Crippen molar-refractivity contribution in [1.29, 1.82) is 0 Å². The summed E-state index contributed by atoms with van der Waals surface area (Å²) in [5, 5.41) is 13.1. The summed E-state index contributed by atoms with van der Waals surface area (Å²) in [6.07, 6.45) is -1.30. The van der Waals surface area contributed by atoms with Crippen LogP contribution in [0.15, 0.2) is 53.7 Å². The Morgan fingerprint density at radius 3 is 2.51 bits per heavy atom. The minimum absolute atomic E-state index is 0.0510. The SMILES string of the molecule is CCC(Oc1nc(Oc2cc(C(C)=NOC)cc(-c3cccc(CN)c3)c2)c(F)cc1F)C(=O)O. The molecule has 184 valence electrons. The van der Waals surface area contributed by atoms with E-state index < -0.39 is 35.5 Å². The molecule has 3 rings (SSSR count). The lowest BCUT2D eigenvalue weighted by Gasteiger charge is -2.15. The van der Waals surface area contributed by atoms with E-state index in [-0.39, 0.29) is 12.2 Å². The van der Waals surface area contributed by atoms with Crippen LogP contribution >= 0.6 is 0 Å². The molecule has 1 heterocycles. The molecule has 0 amide bonds. The van der Waals surface area contributed by atoms with Crippen LogP contribution in [0.1, 0.15) is 31.4 Å². The van der Waals surface area contributed by atoms with Gasteiger partial charge in [-0.2, -0.15) is 4.98 Å². The highest BCUT2D eigenvalue weighted by atomic mass is 19.1. The monoisotopic (exact) mass is 485 g/mol. The van der Waals surface area contributed by atoms with Crippen LogP contribution in [0.25, 0.3) is 11.1 Å². The topological polar surface area (TPSA) is 116 Å². The fourth-order valence-corrected chi connectivity index (χ4v) is 3.24. The van der Waals surface area contributed by atoms with E-state index in [1.807, 2.05) is 30.3 Å². The molecule has 0 radical (unpaired) electrons. The van der Waals surface area contributed by atoms with Crippen molar-refractivity contribution in [2.45, 2.75) is 32.9 Å². The third kappa shape index (κ3) is 6.30. The summed E-state index contributed by atoms with van der Waals surface area (Å²) in [6, 6.07) is 13.2. The van der Waals surface area contributed by atoms with Gasteiger partial charge in [0.1, 0.15) is 12.9 Å². The molecule has 0 spiro atoms. The Hall–Kier alpha value is -4.05. The molecule has 1 aromatic heterocycles. The maximum Gasteiger partial charge on any atom is 0.344 e. The van der Waals surface area contributed by atoms with Crippen LogP contribution in [-0.4, -0.2) is 35.0 Å². The molecular weight excluding hydrogens is 460 g/mol. The summed E-state index contributed by atoms with van der Waals surface area (Å²) < 4.78 is 39.6. The molecule has 0 saturated carbocycles. The highest BCUT2D eigenvalue weighted by Gasteiger charge is 2.22. The van der Waals surface area contributed by atoms with Crippen molar-refractivity contribution < 1.29 is 33.0 Å². The molecule has 35 heavy (non-hydrogen) atoms. The van der Waals surface area contributed by atoms with Gasteiger partial charge >= 0.3 is 5.97 Å². The zero-order valence-corrected chi connectivity index (χ0v) is 19.4. The number of carboxylic acids is 1. The van der Waals surface area contributed by atoms with Gasteiger partial charge in [0.05, 0.1) is 5.71 Å². The summed E-state index contributed by atoms with van der Waals surface area (Å²) in [5.41, 5.74) is 9.36. The minimum atomic E-state index is -1.35. The molecule has 0 aliphatic heterocycles. The molecule has 0 bridgehead atoms. The van der Waals surface area contributed by atoms with Crippen molar-refractivity contribution in [3.63, 3.8) is 0 Å². The van der Waals surface area contributed by atoms with Crippen LogP contribution in [0, 0.1) is 11.6 Å². The number of carboxylic acid groups (broad SMARTS) is 1. The Morgan fingerprint density at radius 1 is 1.11 bits per heavy atom. The van der Waals surface area contributed by atoms with Crippen LogP contribution in [0.4, 0.5) is 8.78 Å².